The van der Waals surface area contributed by atoms with Crippen LogP contribution in [-0.2, 0) is 32.6 Å². The first-order valence-electron chi connectivity index (χ1n) is 12.5. The Hall–Kier alpha value is -3.92. The van der Waals surface area contributed by atoms with Crippen molar-refractivity contribution in [3.05, 3.63) is 95.8 Å². The Balaban J connectivity index is 2.07. The molecule has 3 aromatic rings. The zero-order valence-electron chi connectivity index (χ0n) is 22.5. The molecule has 0 aliphatic rings. The molecule has 39 heavy (non-hydrogen) atoms. The molecule has 0 aliphatic heterocycles. The zero-order valence-corrected chi connectivity index (χ0v) is 23.3. The van der Waals surface area contributed by atoms with Crippen LogP contribution in [0, 0.1) is 5.82 Å². The van der Waals surface area contributed by atoms with Crippen LogP contribution in [0.1, 0.15) is 25.0 Å². The molecule has 1 N–H and O–H groups in total. The van der Waals surface area contributed by atoms with Gasteiger partial charge in [-0.3, -0.25) is 13.9 Å². The molecule has 2 amide bonds. The molecule has 0 aliphatic carbocycles. The Morgan fingerprint density at radius 3 is 2.13 bits per heavy atom. The molecule has 10 heteroatoms. The van der Waals surface area contributed by atoms with Crippen molar-refractivity contribution in [3.63, 3.8) is 0 Å². The van der Waals surface area contributed by atoms with Crippen molar-refractivity contribution in [1.82, 2.24) is 10.2 Å². The molecule has 0 saturated heterocycles. The maximum absolute atomic E-state index is 14.0. The monoisotopic (exact) mass is 555 g/mol. The van der Waals surface area contributed by atoms with Crippen molar-refractivity contribution in [2.75, 3.05) is 24.2 Å². The highest BCUT2D eigenvalue weighted by Crippen LogP contribution is 2.30. The van der Waals surface area contributed by atoms with E-state index in [1.165, 1.54) is 36.3 Å². The number of methoxy groups -OCH3 is 1. The Morgan fingerprint density at radius 2 is 1.54 bits per heavy atom. The van der Waals surface area contributed by atoms with E-state index in [9.17, 15) is 22.4 Å². The highest BCUT2D eigenvalue weighted by molar-refractivity contribution is 7.92. The minimum absolute atomic E-state index is 0.0361. The van der Waals surface area contributed by atoms with Gasteiger partial charge in [0.15, 0.2) is 0 Å². The van der Waals surface area contributed by atoms with Gasteiger partial charge in [-0.2, -0.15) is 0 Å². The number of rotatable bonds is 12. The first-order valence-corrected chi connectivity index (χ1v) is 14.3. The van der Waals surface area contributed by atoms with Gasteiger partial charge >= 0.3 is 0 Å². The van der Waals surface area contributed by atoms with Crippen molar-refractivity contribution in [2.45, 2.75) is 38.9 Å². The lowest BCUT2D eigenvalue weighted by atomic mass is 10.0. The average Bonchev–Trinajstić information content (AvgIpc) is 2.89. The molecule has 208 valence electrons. The summed E-state index contributed by atoms with van der Waals surface area (Å²) >= 11 is 0. The van der Waals surface area contributed by atoms with Gasteiger partial charge in [0.05, 0.1) is 19.1 Å². The molecular weight excluding hydrogens is 521 g/mol. The minimum Gasteiger partial charge on any atom is -0.495 e. The highest BCUT2D eigenvalue weighted by Gasteiger charge is 2.33. The molecule has 0 spiro atoms. The summed E-state index contributed by atoms with van der Waals surface area (Å²) in [6.07, 6.45) is 1.20. The van der Waals surface area contributed by atoms with Crippen molar-refractivity contribution in [3.8, 4) is 5.75 Å². The van der Waals surface area contributed by atoms with E-state index in [2.05, 4.69) is 5.32 Å². The number of hydrogen-bond donors (Lipinski definition) is 1. The van der Waals surface area contributed by atoms with Crippen molar-refractivity contribution >= 4 is 27.5 Å². The quantitative estimate of drug-likeness (QED) is 0.367. The largest absolute Gasteiger partial charge is 0.495 e. The summed E-state index contributed by atoms with van der Waals surface area (Å²) in [5, 5.41) is 2.88. The van der Waals surface area contributed by atoms with Crippen LogP contribution in [0.2, 0.25) is 0 Å². The smallest absolute Gasteiger partial charge is 0.244 e. The van der Waals surface area contributed by atoms with Gasteiger partial charge in [0, 0.05) is 19.0 Å². The minimum atomic E-state index is -3.93. The fourth-order valence-corrected chi connectivity index (χ4v) is 5.00. The number of ether oxygens (including phenoxy) is 1. The molecule has 0 fully saturated rings. The number of carbonyl (C=O) groups is 2. The molecule has 0 radical (unpaired) electrons. The van der Waals surface area contributed by atoms with E-state index in [1.807, 2.05) is 44.2 Å². The van der Waals surface area contributed by atoms with Crippen molar-refractivity contribution < 1.29 is 27.1 Å². The van der Waals surface area contributed by atoms with Crippen LogP contribution in [0.15, 0.2) is 78.9 Å². The number of carbonyl (C=O) groups excluding carboxylic acids is 2. The van der Waals surface area contributed by atoms with E-state index in [-0.39, 0.29) is 36.4 Å². The topological polar surface area (TPSA) is 96.0 Å². The number of nitrogens with one attached hydrogen (secondary N) is 1. The van der Waals surface area contributed by atoms with Gasteiger partial charge < -0.3 is 15.0 Å². The van der Waals surface area contributed by atoms with Crippen LogP contribution in [0.3, 0.4) is 0 Å². The van der Waals surface area contributed by atoms with Gasteiger partial charge in [0.2, 0.25) is 21.8 Å². The summed E-state index contributed by atoms with van der Waals surface area (Å²) < 4.78 is 45.7. The van der Waals surface area contributed by atoms with Crippen LogP contribution in [0.4, 0.5) is 10.1 Å². The lowest BCUT2D eigenvalue weighted by molar-refractivity contribution is -0.140. The number of anilines is 1. The molecular formula is C29H34FN3O5S. The summed E-state index contributed by atoms with van der Waals surface area (Å²) in [5.41, 5.74) is 1.61. The molecule has 0 saturated carbocycles. The predicted octanol–water partition coefficient (Wildman–Crippen LogP) is 3.77. The summed E-state index contributed by atoms with van der Waals surface area (Å²) in [6, 6.07) is 20.2. The highest BCUT2D eigenvalue weighted by atomic mass is 32.2. The van der Waals surface area contributed by atoms with Crippen LogP contribution in [-0.4, -0.2) is 57.1 Å². The Morgan fingerprint density at radius 1 is 0.923 bits per heavy atom. The maximum Gasteiger partial charge on any atom is 0.244 e. The number of para-hydroxylation sites is 2. The number of nitrogens with zero attached hydrogens (tertiary/aromatic N) is 2. The van der Waals surface area contributed by atoms with Gasteiger partial charge in [-0.1, -0.05) is 54.6 Å². The van der Waals surface area contributed by atoms with Crippen LogP contribution >= 0.6 is 0 Å². The van der Waals surface area contributed by atoms with Gasteiger partial charge in [-0.25, -0.2) is 12.8 Å². The third-order valence-corrected chi connectivity index (χ3v) is 7.13. The van der Waals surface area contributed by atoms with Gasteiger partial charge in [-0.15, -0.1) is 0 Å². The second-order valence-electron chi connectivity index (χ2n) is 9.46. The maximum atomic E-state index is 14.0. The summed E-state index contributed by atoms with van der Waals surface area (Å²) in [7, 11) is -2.51. The fourth-order valence-electron chi connectivity index (χ4n) is 4.15. The molecule has 3 aromatic carbocycles. The van der Waals surface area contributed by atoms with E-state index in [0.29, 0.717) is 5.56 Å². The Kier molecular flexibility index (Phi) is 10.1. The fraction of sp³-hybridized carbons (Fsp3) is 0.310. The summed E-state index contributed by atoms with van der Waals surface area (Å²) in [5.74, 6) is -1.14. The first-order chi connectivity index (χ1) is 18.5. The molecule has 8 nitrogen and oxygen atoms in total. The molecule has 0 unspecified atom stereocenters. The van der Waals surface area contributed by atoms with Crippen LogP contribution < -0.4 is 14.4 Å². The number of hydrogen-bond acceptors (Lipinski definition) is 5. The number of benzene rings is 3. The first kappa shape index (κ1) is 29.6. The third-order valence-electron chi connectivity index (χ3n) is 6.00. The van der Waals surface area contributed by atoms with E-state index in [4.69, 9.17) is 4.74 Å². The van der Waals surface area contributed by atoms with E-state index >= 15 is 0 Å². The van der Waals surface area contributed by atoms with E-state index in [1.54, 1.807) is 24.3 Å². The Bertz CT molecular complexity index is 1370. The van der Waals surface area contributed by atoms with Crippen molar-refractivity contribution in [1.29, 1.82) is 0 Å². The summed E-state index contributed by atoms with van der Waals surface area (Å²) in [6.45, 7) is 3.03. The van der Waals surface area contributed by atoms with Gasteiger partial charge in [0.1, 0.15) is 24.2 Å². The predicted molar refractivity (Wildman–Crippen MR) is 149 cm³/mol. The molecule has 0 heterocycles. The van der Waals surface area contributed by atoms with E-state index < -0.39 is 34.3 Å². The van der Waals surface area contributed by atoms with E-state index in [0.717, 1.165) is 16.1 Å². The third kappa shape index (κ3) is 8.28. The average molecular weight is 556 g/mol. The van der Waals surface area contributed by atoms with Gasteiger partial charge in [0.25, 0.3) is 0 Å². The Labute approximate surface area is 229 Å². The SMILES string of the molecule is COc1ccccc1N(CC(=O)N(Cc1ccc(F)cc1)[C@@H](Cc1ccccc1)C(=O)NC(C)C)S(C)(=O)=O. The molecule has 1 atom stereocenters. The summed E-state index contributed by atoms with van der Waals surface area (Å²) in [4.78, 5) is 28.8. The number of amides is 2. The number of halogens is 1. The van der Waals surface area contributed by atoms with Crippen LogP contribution in [0.5, 0.6) is 5.75 Å². The standard InChI is InChI=1S/C29H34FN3O5S/c1-21(2)31-29(35)26(18-22-10-6-5-7-11-22)32(19-23-14-16-24(30)17-15-23)28(34)20-33(39(4,36)37)25-12-8-9-13-27(25)38-3/h5-17,21,26H,18-20H2,1-4H3,(H,31,35)/t26-/m0/s1. The molecule has 0 bridgehead atoms. The number of sulfonamides is 1. The second kappa shape index (κ2) is 13.2. The lowest BCUT2D eigenvalue weighted by Crippen LogP contribution is -2.54. The zero-order chi connectivity index (χ0) is 28.6. The molecule has 0 aromatic heterocycles. The lowest BCUT2D eigenvalue weighted by Gasteiger charge is -2.34. The van der Waals surface area contributed by atoms with Gasteiger partial charge in [-0.05, 0) is 49.2 Å². The molecule has 3 rings (SSSR count). The van der Waals surface area contributed by atoms with Crippen LogP contribution in [0.25, 0.3) is 0 Å². The van der Waals surface area contributed by atoms with Crippen molar-refractivity contribution in [2.24, 2.45) is 0 Å². The second-order valence-corrected chi connectivity index (χ2v) is 11.4. The normalized spacial score (nSPS) is 12.1.